The lowest BCUT2D eigenvalue weighted by molar-refractivity contribution is -0.121. The molecule has 7 heteroatoms. The number of carbonyl (C=O) groups is 1. The highest BCUT2D eigenvalue weighted by Gasteiger charge is 2.25. The Kier molecular flexibility index (Phi) is 5.87. The van der Waals surface area contributed by atoms with E-state index in [1.165, 1.54) is 4.31 Å². The predicted octanol–water partition coefficient (Wildman–Crippen LogP) is -0.435. The van der Waals surface area contributed by atoms with E-state index in [4.69, 9.17) is 4.74 Å². The number of rotatable bonds is 6. The van der Waals surface area contributed by atoms with E-state index in [9.17, 15) is 13.2 Å². The summed E-state index contributed by atoms with van der Waals surface area (Å²) in [5, 5.41) is 2.67. The molecule has 0 atom stereocenters. The molecular weight excluding hydrogens is 244 g/mol. The molecule has 1 fully saturated rings. The summed E-state index contributed by atoms with van der Waals surface area (Å²) in [5.41, 5.74) is 0. The molecule has 0 radical (unpaired) electrons. The molecule has 0 spiro atoms. The van der Waals surface area contributed by atoms with Gasteiger partial charge in [-0.3, -0.25) is 4.79 Å². The van der Waals surface area contributed by atoms with E-state index < -0.39 is 10.0 Å². The number of ether oxygens (including phenoxy) is 1. The summed E-state index contributed by atoms with van der Waals surface area (Å²) in [6, 6.07) is 0. The third kappa shape index (κ3) is 5.01. The van der Waals surface area contributed by atoms with Crippen LogP contribution in [0.4, 0.5) is 0 Å². The Morgan fingerprint density at radius 1 is 1.41 bits per heavy atom. The van der Waals surface area contributed by atoms with Crippen LogP contribution in [-0.2, 0) is 19.6 Å². The fraction of sp³-hybridized carbons (Fsp3) is 0.900. The van der Waals surface area contributed by atoms with Gasteiger partial charge in [-0.25, -0.2) is 12.7 Å². The summed E-state index contributed by atoms with van der Waals surface area (Å²) in [7, 11) is -1.55. The van der Waals surface area contributed by atoms with Gasteiger partial charge in [0.15, 0.2) is 0 Å². The fourth-order valence-electron chi connectivity index (χ4n) is 1.70. The molecule has 0 bridgehead atoms. The highest BCUT2D eigenvalue weighted by Crippen LogP contribution is 2.13. The van der Waals surface area contributed by atoms with Crippen molar-refractivity contribution in [1.29, 1.82) is 0 Å². The van der Waals surface area contributed by atoms with E-state index in [0.717, 1.165) is 12.8 Å². The first kappa shape index (κ1) is 14.4. The summed E-state index contributed by atoms with van der Waals surface area (Å²) in [4.78, 5) is 11.4. The first-order valence-electron chi connectivity index (χ1n) is 5.80. The molecule has 1 N–H and O–H groups in total. The van der Waals surface area contributed by atoms with Crippen molar-refractivity contribution in [3.63, 3.8) is 0 Å². The summed E-state index contributed by atoms with van der Waals surface area (Å²) in [6.07, 6.45) is 1.81. The molecule has 1 amide bonds. The van der Waals surface area contributed by atoms with Gasteiger partial charge in [-0.2, -0.15) is 0 Å². The standard InChI is InChI=1S/C10H20N2O4S/c1-16-8-5-11-10(13)4-7-12-6-2-3-9-17(12,14)15/h2-9H2,1H3,(H,11,13). The van der Waals surface area contributed by atoms with Gasteiger partial charge in [0.2, 0.25) is 15.9 Å². The van der Waals surface area contributed by atoms with E-state index in [1.807, 2.05) is 0 Å². The van der Waals surface area contributed by atoms with Crippen LogP contribution in [0.25, 0.3) is 0 Å². The largest absolute Gasteiger partial charge is 0.383 e. The van der Waals surface area contributed by atoms with Crippen LogP contribution in [0.3, 0.4) is 0 Å². The fourth-order valence-corrected chi connectivity index (χ4v) is 3.30. The van der Waals surface area contributed by atoms with Gasteiger partial charge in [-0.15, -0.1) is 0 Å². The minimum atomic E-state index is -3.12. The van der Waals surface area contributed by atoms with Gasteiger partial charge in [0.05, 0.1) is 12.4 Å². The molecule has 1 rings (SSSR count). The van der Waals surface area contributed by atoms with Crippen molar-refractivity contribution in [2.75, 3.05) is 39.1 Å². The monoisotopic (exact) mass is 264 g/mol. The second kappa shape index (κ2) is 6.93. The quantitative estimate of drug-likeness (QED) is 0.660. The number of sulfonamides is 1. The van der Waals surface area contributed by atoms with Crippen molar-refractivity contribution in [3.8, 4) is 0 Å². The molecule has 17 heavy (non-hydrogen) atoms. The van der Waals surface area contributed by atoms with Crippen molar-refractivity contribution in [3.05, 3.63) is 0 Å². The van der Waals surface area contributed by atoms with Gasteiger partial charge in [-0.05, 0) is 12.8 Å². The molecule has 0 unspecified atom stereocenters. The Morgan fingerprint density at radius 3 is 2.82 bits per heavy atom. The Morgan fingerprint density at radius 2 is 2.18 bits per heavy atom. The molecule has 100 valence electrons. The van der Waals surface area contributed by atoms with E-state index in [2.05, 4.69) is 5.32 Å². The molecule has 6 nitrogen and oxygen atoms in total. The number of amides is 1. The Labute approximate surface area is 102 Å². The lowest BCUT2D eigenvalue weighted by Gasteiger charge is -2.25. The second-order valence-electron chi connectivity index (χ2n) is 4.01. The van der Waals surface area contributed by atoms with E-state index in [1.54, 1.807) is 7.11 Å². The molecule has 1 saturated heterocycles. The zero-order valence-electron chi connectivity index (χ0n) is 10.1. The van der Waals surface area contributed by atoms with E-state index in [0.29, 0.717) is 19.7 Å². The number of nitrogens with zero attached hydrogens (tertiary/aromatic N) is 1. The minimum absolute atomic E-state index is 0.136. The number of methoxy groups -OCH3 is 1. The number of carbonyl (C=O) groups excluding carboxylic acids is 1. The molecule has 0 saturated carbocycles. The topological polar surface area (TPSA) is 75.7 Å². The summed E-state index contributed by atoms with van der Waals surface area (Å²) >= 11 is 0. The maximum atomic E-state index is 11.6. The molecule has 1 heterocycles. The Hall–Kier alpha value is -0.660. The summed E-state index contributed by atoms with van der Waals surface area (Å²) in [5.74, 6) is 0.0704. The van der Waals surface area contributed by atoms with Gasteiger partial charge in [0, 0.05) is 33.2 Å². The number of hydrogen-bond donors (Lipinski definition) is 1. The molecule has 0 aromatic rings. The van der Waals surface area contributed by atoms with Gasteiger partial charge < -0.3 is 10.1 Å². The van der Waals surface area contributed by atoms with Crippen LogP contribution in [0.5, 0.6) is 0 Å². The van der Waals surface area contributed by atoms with Crippen LogP contribution < -0.4 is 5.32 Å². The number of hydrogen-bond acceptors (Lipinski definition) is 4. The van der Waals surface area contributed by atoms with Gasteiger partial charge in [0.25, 0.3) is 0 Å². The Balaban J connectivity index is 2.27. The highest BCUT2D eigenvalue weighted by atomic mass is 32.2. The third-order valence-corrected chi connectivity index (χ3v) is 4.63. The maximum Gasteiger partial charge on any atom is 0.221 e. The summed E-state index contributed by atoms with van der Waals surface area (Å²) < 4.78 is 29.5. The summed E-state index contributed by atoms with van der Waals surface area (Å²) in [6.45, 7) is 1.74. The van der Waals surface area contributed by atoms with Gasteiger partial charge >= 0.3 is 0 Å². The molecule has 0 aromatic carbocycles. The van der Waals surface area contributed by atoms with Crippen LogP contribution in [0.1, 0.15) is 19.3 Å². The zero-order chi connectivity index (χ0) is 12.7. The van der Waals surface area contributed by atoms with Gasteiger partial charge in [-0.1, -0.05) is 0 Å². The molecule has 1 aliphatic rings. The minimum Gasteiger partial charge on any atom is -0.383 e. The van der Waals surface area contributed by atoms with Crippen molar-refractivity contribution < 1.29 is 17.9 Å². The average Bonchev–Trinajstić information content (AvgIpc) is 2.27. The highest BCUT2D eigenvalue weighted by molar-refractivity contribution is 7.89. The van der Waals surface area contributed by atoms with E-state index >= 15 is 0 Å². The van der Waals surface area contributed by atoms with E-state index in [-0.39, 0.29) is 24.6 Å². The number of nitrogens with one attached hydrogen (secondary N) is 1. The molecular formula is C10H20N2O4S. The van der Waals surface area contributed by atoms with Crippen molar-refractivity contribution >= 4 is 15.9 Å². The SMILES string of the molecule is COCCNC(=O)CCN1CCCCS1(=O)=O. The van der Waals surface area contributed by atoms with Crippen LogP contribution in [0, 0.1) is 0 Å². The van der Waals surface area contributed by atoms with Crippen LogP contribution in [0.15, 0.2) is 0 Å². The van der Waals surface area contributed by atoms with Gasteiger partial charge in [0.1, 0.15) is 0 Å². The lowest BCUT2D eigenvalue weighted by Crippen LogP contribution is -2.40. The Bertz CT molecular complexity index is 342. The lowest BCUT2D eigenvalue weighted by atomic mass is 10.3. The second-order valence-corrected chi connectivity index (χ2v) is 6.10. The van der Waals surface area contributed by atoms with Crippen molar-refractivity contribution in [2.45, 2.75) is 19.3 Å². The van der Waals surface area contributed by atoms with Crippen LogP contribution in [-0.4, -0.2) is 57.7 Å². The van der Waals surface area contributed by atoms with Crippen LogP contribution in [0.2, 0.25) is 0 Å². The molecule has 1 aliphatic heterocycles. The zero-order valence-corrected chi connectivity index (χ0v) is 11.0. The predicted molar refractivity (Wildman–Crippen MR) is 64.1 cm³/mol. The van der Waals surface area contributed by atoms with Crippen LogP contribution >= 0.6 is 0 Å². The van der Waals surface area contributed by atoms with Crippen molar-refractivity contribution in [1.82, 2.24) is 9.62 Å². The third-order valence-electron chi connectivity index (χ3n) is 2.67. The molecule has 0 aliphatic carbocycles. The maximum absolute atomic E-state index is 11.6. The smallest absolute Gasteiger partial charge is 0.221 e. The normalized spacial score (nSPS) is 20.1. The average molecular weight is 264 g/mol. The van der Waals surface area contributed by atoms with Crippen molar-refractivity contribution in [2.24, 2.45) is 0 Å². The first-order valence-corrected chi connectivity index (χ1v) is 7.40. The molecule has 0 aromatic heterocycles. The first-order chi connectivity index (χ1) is 8.06.